The summed E-state index contributed by atoms with van der Waals surface area (Å²) in [7, 11) is 3.74. The standard InChI is InChI=1S/C18H20FN5O/c1-23-10-11(9-21-23)12-8-13(12)18(25)20-7-6-16-22-17-14(19)4-3-5-15(17)24(16)2/h3-5,9-10,12-13H,6-8H2,1-2H3,(H,20,25)/t12-,13-/m1/s1. The van der Waals surface area contributed by atoms with Crippen LogP contribution in [0.4, 0.5) is 4.39 Å². The highest BCUT2D eigenvalue weighted by Crippen LogP contribution is 2.47. The van der Waals surface area contributed by atoms with Gasteiger partial charge in [-0.15, -0.1) is 0 Å². The van der Waals surface area contributed by atoms with Gasteiger partial charge in [-0.25, -0.2) is 9.37 Å². The van der Waals surface area contributed by atoms with Gasteiger partial charge in [-0.2, -0.15) is 5.10 Å². The molecule has 2 aromatic heterocycles. The number of hydrogen-bond donors (Lipinski definition) is 1. The Morgan fingerprint density at radius 3 is 2.96 bits per heavy atom. The molecule has 7 heteroatoms. The van der Waals surface area contributed by atoms with Gasteiger partial charge in [-0.3, -0.25) is 9.48 Å². The van der Waals surface area contributed by atoms with E-state index in [9.17, 15) is 9.18 Å². The molecule has 1 aliphatic carbocycles. The predicted molar refractivity (Wildman–Crippen MR) is 91.4 cm³/mol. The Bertz CT molecular complexity index is 944. The molecule has 1 aromatic carbocycles. The molecule has 6 nitrogen and oxygen atoms in total. The number of aromatic nitrogens is 4. The first-order valence-corrected chi connectivity index (χ1v) is 8.40. The number of imidazole rings is 1. The van der Waals surface area contributed by atoms with Crippen molar-refractivity contribution in [1.29, 1.82) is 0 Å². The Morgan fingerprint density at radius 2 is 2.24 bits per heavy atom. The van der Waals surface area contributed by atoms with Crippen LogP contribution in [-0.2, 0) is 25.3 Å². The molecule has 2 heterocycles. The van der Waals surface area contributed by atoms with E-state index >= 15 is 0 Å². The molecule has 3 aromatic rings. The largest absolute Gasteiger partial charge is 0.355 e. The van der Waals surface area contributed by atoms with Crippen LogP contribution in [0.2, 0.25) is 0 Å². The van der Waals surface area contributed by atoms with Crippen LogP contribution in [0, 0.1) is 11.7 Å². The van der Waals surface area contributed by atoms with E-state index in [1.165, 1.54) is 6.07 Å². The van der Waals surface area contributed by atoms with E-state index in [0.717, 1.165) is 23.3 Å². The zero-order valence-electron chi connectivity index (χ0n) is 14.2. The topological polar surface area (TPSA) is 64.7 Å². The number of carbonyl (C=O) groups excluding carboxylic acids is 1. The molecule has 0 aliphatic heterocycles. The van der Waals surface area contributed by atoms with Crippen molar-refractivity contribution in [3.8, 4) is 0 Å². The maximum absolute atomic E-state index is 13.8. The fourth-order valence-electron chi connectivity index (χ4n) is 3.37. The van der Waals surface area contributed by atoms with Crippen LogP contribution >= 0.6 is 0 Å². The number of nitrogens with one attached hydrogen (secondary N) is 1. The van der Waals surface area contributed by atoms with Gasteiger partial charge in [0, 0.05) is 39.2 Å². The second kappa shape index (κ2) is 5.98. The average molecular weight is 341 g/mol. The van der Waals surface area contributed by atoms with Crippen LogP contribution in [0.3, 0.4) is 0 Å². The first kappa shape index (κ1) is 15.8. The first-order valence-electron chi connectivity index (χ1n) is 8.40. The van der Waals surface area contributed by atoms with E-state index in [4.69, 9.17) is 0 Å². The lowest BCUT2D eigenvalue weighted by Gasteiger charge is -2.05. The van der Waals surface area contributed by atoms with E-state index in [-0.39, 0.29) is 23.6 Å². The van der Waals surface area contributed by atoms with Gasteiger partial charge in [0.25, 0.3) is 0 Å². The summed E-state index contributed by atoms with van der Waals surface area (Å²) in [5.74, 6) is 0.820. The minimum atomic E-state index is -0.319. The highest BCUT2D eigenvalue weighted by atomic mass is 19.1. The Morgan fingerprint density at radius 1 is 1.40 bits per heavy atom. The van der Waals surface area contributed by atoms with Gasteiger partial charge in [0.15, 0.2) is 5.82 Å². The van der Waals surface area contributed by atoms with Crippen molar-refractivity contribution in [3.63, 3.8) is 0 Å². The number of nitrogens with zero attached hydrogens (tertiary/aromatic N) is 4. The number of rotatable bonds is 5. The molecule has 1 fully saturated rings. The van der Waals surface area contributed by atoms with Crippen molar-refractivity contribution < 1.29 is 9.18 Å². The van der Waals surface area contributed by atoms with Gasteiger partial charge < -0.3 is 9.88 Å². The molecule has 25 heavy (non-hydrogen) atoms. The molecular weight excluding hydrogens is 321 g/mol. The SMILES string of the molecule is Cn1cc([C@H]2C[C@H]2C(=O)NCCc2nc3c(F)cccc3n2C)cn1. The van der Waals surface area contributed by atoms with Crippen molar-refractivity contribution in [1.82, 2.24) is 24.6 Å². The summed E-state index contributed by atoms with van der Waals surface area (Å²) in [5, 5.41) is 7.13. The fraction of sp³-hybridized carbons (Fsp3) is 0.389. The lowest BCUT2D eigenvalue weighted by Crippen LogP contribution is -2.28. The van der Waals surface area contributed by atoms with E-state index < -0.39 is 0 Å². The molecule has 1 saturated carbocycles. The van der Waals surface area contributed by atoms with E-state index in [0.29, 0.717) is 18.5 Å². The molecule has 0 spiro atoms. The molecule has 1 N–H and O–H groups in total. The van der Waals surface area contributed by atoms with Crippen LogP contribution in [0.15, 0.2) is 30.6 Å². The monoisotopic (exact) mass is 341 g/mol. The molecule has 0 unspecified atom stereocenters. The van der Waals surface area contributed by atoms with Crippen molar-refractivity contribution in [2.24, 2.45) is 20.0 Å². The second-order valence-electron chi connectivity index (χ2n) is 6.63. The van der Waals surface area contributed by atoms with E-state index in [1.54, 1.807) is 10.7 Å². The number of amides is 1. The Kier molecular flexibility index (Phi) is 3.78. The highest BCUT2D eigenvalue weighted by molar-refractivity contribution is 5.82. The maximum atomic E-state index is 13.8. The van der Waals surface area contributed by atoms with Gasteiger partial charge in [0.05, 0.1) is 11.7 Å². The Balaban J connectivity index is 1.35. The summed E-state index contributed by atoms with van der Waals surface area (Å²) in [4.78, 5) is 16.6. The quantitative estimate of drug-likeness (QED) is 0.771. The third-order valence-electron chi connectivity index (χ3n) is 4.88. The third-order valence-corrected chi connectivity index (χ3v) is 4.88. The number of para-hydroxylation sites is 1. The van der Waals surface area contributed by atoms with Crippen LogP contribution in [0.1, 0.15) is 23.7 Å². The minimum Gasteiger partial charge on any atom is -0.355 e. The van der Waals surface area contributed by atoms with Gasteiger partial charge in [-0.1, -0.05) is 6.07 Å². The van der Waals surface area contributed by atoms with Crippen LogP contribution in [-0.4, -0.2) is 31.8 Å². The molecule has 0 saturated heterocycles. The summed E-state index contributed by atoms with van der Waals surface area (Å²) in [6.45, 7) is 0.494. The molecule has 0 bridgehead atoms. The van der Waals surface area contributed by atoms with E-state index in [2.05, 4.69) is 15.4 Å². The van der Waals surface area contributed by atoms with Crippen LogP contribution < -0.4 is 5.32 Å². The highest BCUT2D eigenvalue weighted by Gasteiger charge is 2.44. The van der Waals surface area contributed by atoms with Crippen molar-refractivity contribution in [3.05, 3.63) is 47.8 Å². The molecule has 1 aliphatic rings. The molecule has 4 rings (SSSR count). The predicted octanol–water partition coefficient (Wildman–Crippen LogP) is 1.91. The van der Waals surface area contributed by atoms with Crippen molar-refractivity contribution >= 4 is 16.9 Å². The number of benzene rings is 1. The number of halogens is 1. The first-order chi connectivity index (χ1) is 12.0. The smallest absolute Gasteiger partial charge is 0.223 e. The van der Waals surface area contributed by atoms with Crippen LogP contribution in [0.25, 0.3) is 11.0 Å². The van der Waals surface area contributed by atoms with Crippen molar-refractivity contribution in [2.75, 3.05) is 6.54 Å². The zero-order valence-corrected chi connectivity index (χ0v) is 14.2. The van der Waals surface area contributed by atoms with Gasteiger partial charge in [0.2, 0.25) is 5.91 Å². The van der Waals surface area contributed by atoms with Gasteiger partial charge in [-0.05, 0) is 30.0 Å². The van der Waals surface area contributed by atoms with Crippen molar-refractivity contribution in [2.45, 2.75) is 18.8 Å². The molecule has 1 amide bonds. The number of hydrogen-bond acceptors (Lipinski definition) is 3. The van der Waals surface area contributed by atoms with E-state index in [1.807, 2.05) is 37.1 Å². The third kappa shape index (κ3) is 2.90. The zero-order chi connectivity index (χ0) is 17.6. The number of carbonyl (C=O) groups is 1. The fourth-order valence-corrected chi connectivity index (χ4v) is 3.37. The summed E-state index contributed by atoms with van der Waals surface area (Å²) in [6.07, 6.45) is 5.23. The summed E-state index contributed by atoms with van der Waals surface area (Å²) in [6, 6.07) is 4.93. The molecule has 130 valence electrons. The number of aryl methyl sites for hydroxylation is 2. The van der Waals surface area contributed by atoms with Gasteiger partial charge >= 0.3 is 0 Å². The Labute approximate surface area is 144 Å². The normalized spacial score (nSPS) is 19.3. The summed E-state index contributed by atoms with van der Waals surface area (Å²) < 4.78 is 17.4. The van der Waals surface area contributed by atoms with Crippen LogP contribution in [0.5, 0.6) is 0 Å². The molecule has 2 atom stereocenters. The number of fused-ring (bicyclic) bond motifs is 1. The lowest BCUT2D eigenvalue weighted by atomic mass is 10.2. The maximum Gasteiger partial charge on any atom is 0.223 e. The molecule has 0 radical (unpaired) electrons. The summed E-state index contributed by atoms with van der Waals surface area (Å²) in [5.41, 5.74) is 2.26. The minimum absolute atomic E-state index is 0.0297. The average Bonchev–Trinajstić information content (AvgIpc) is 3.18. The Hall–Kier alpha value is -2.70. The van der Waals surface area contributed by atoms with Gasteiger partial charge in [0.1, 0.15) is 11.3 Å². The lowest BCUT2D eigenvalue weighted by molar-refractivity contribution is -0.122. The second-order valence-corrected chi connectivity index (χ2v) is 6.63. The molecular formula is C18H20FN5O. The summed E-state index contributed by atoms with van der Waals surface area (Å²) >= 11 is 0.